The average Bonchev–Trinajstić information content (AvgIpc) is 3.09. The summed E-state index contributed by atoms with van der Waals surface area (Å²) in [5, 5.41) is 0.684. The summed E-state index contributed by atoms with van der Waals surface area (Å²) in [6, 6.07) is 19.8. The van der Waals surface area contributed by atoms with E-state index in [4.69, 9.17) is 33.3 Å². The summed E-state index contributed by atoms with van der Waals surface area (Å²) in [6.45, 7) is 0.0757. The van der Waals surface area contributed by atoms with Gasteiger partial charge in [0.15, 0.2) is 5.11 Å². The fraction of sp³-hybridized carbons (Fsp3) is 0.115. The van der Waals surface area contributed by atoms with E-state index in [2.05, 4.69) is 0 Å². The van der Waals surface area contributed by atoms with E-state index in [9.17, 15) is 14.0 Å². The number of hydrogen-bond acceptors (Lipinski definition) is 5. The molecule has 0 aliphatic carbocycles. The lowest BCUT2D eigenvalue weighted by atomic mass is 10.1. The molecule has 3 aromatic carbocycles. The summed E-state index contributed by atoms with van der Waals surface area (Å²) < 4.78 is 23.6. The van der Waals surface area contributed by atoms with Gasteiger partial charge < -0.3 is 14.4 Å². The maximum Gasteiger partial charge on any atom is 0.325 e. The molecule has 4 rings (SSSR count). The number of carbonyl (C=O) groups excluding carboxylic acids is 2. The quantitative estimate of drug-likeness (QED) is 0.247. The Balaban J connectivity index is 1.56. The highest BCUT2D eigenvalue weighted by Crippen LogP contribution is 2.30. The van der Waals surface area contributed by atoms with Gasteiger partial charge in [-0.1, -0.05) is 35.9 Å². The van der Waals surface area contributed by atoms with Gasteiger partial charge in [-0.3, -0.25) is 14.5 Å². The molecular formula is C26H20ClFN2O4S. The van der Waals surface area contributed by atoms with E-state index in [1.54, 1.807) is 66.7 Å². The van der Waals surface area contributed by atoms with E-state index in [0.717, 1.165) is 5.56 Å². The Kier molecular flexibility index (Phi) is 7.43. The number of ether oxygens (including phenoxy) is 2. The van der Waals surface area contributed by atoms with Gasteiger partial charge in [0.25, 0.3) is 5.91 Å². The highest BCUT2D eigenvalue weighted by atomic mass is 35.5. The first-order chi connectivity index (χ1) is 16.9. The molecule has 1 saturated heterocycles. The standard InChI is InChI=1S/C26H20ClFN2O4S/c1-33-24(31)15-29-23(25(32)30(26(29)35)21-10-6-19(27)7-11-21)14-17-4-12-22(13-5-17)34-16-18-2-8-20(28)9-3-18/h2-14H,15-16H2,1H3/b23-14-. The lowest BCUT2D eigenvalue weighted by Gasteiger charge is -2.19. The summed E-state index contributed by atoms with van der Waals surface area (Å²) in [6.07, 6.45) is 1.65. The number of thiocarbonyl (C=S) groups is 1. The second-order valence-corrected chi connectivity index (χ2v) is 8.38. The van der Waals surface area contributed by atoms with Crippen LogP contribution in [0.1, 0.15) is 11.1 Å². The van der Waals surface area contributed by atoms with E-state index in [-0.39, 0.29) is 35.7 Å². The summed E-state index contributed by atoms with van der Waals surface area (Å²) in [7, 11) is 1.27. The smallest absolute Gasteiger partial charge is 0.325 e. The number of carbonyl (C=O) groups is 2. The number of rotatable bonds is 7. The molecule has 1 aliphatic rings. The minimum absolute atomic E-state index is 0.160. The molecule has 9 heteroatoms. The fourth-order valence-corrected chi connectivity index (χ4v) is 3.89. The Bertz CT molecular complexity index is 1280. The molecular weight excluding hydrogens is 491 g/mol. The summed E-state index contributed by atoms with van der Waals surface area (Å²) >= 11 is 11.5. The molecule has 0 N–H and O–H groups in total. The molecule has 1 aliphatic heterocycles. The van der Waals surface area contributed by atoms with Crippen LogP contribution in [-0.4, -0.2) is 35.5 Å². The van der Waals surface area contributed by atoms with Crippen LogP contribution >= 0.6 is 23.8 Å². The van der Waals surface area contributed by atoms with Gasteiger partial charge >= 0.3 is 5.97 Å². The minimum Gasteiger partial charge on any atom is -0.489 e. The highest BCUT2D eigenvalue weighted by molar-refractivity contribution is 7.80. The number of esters is 1. The Morgan fingerprint density at radius 3 is 2.31 bits per heavy atom. The van der Waals surface area contributed by atoms with E-state index < -0.39 is 5.97 Å². The van der Waals surface area contributed by atoms with Crippen molar-refractivity contribution in [2.75, 3.05) is 18.6 Å². The van der Waals surface area contributed by atoms with Gasteiger partial charge in [0.05, 0.1) is 12.8 Å². The molecule has 0 saturated carbocycles. The molecule has 0 spiro atoms. The van der Waals surface area contributed by atoms with Crippen molar-refractivity contribution < 1.29 is 23.5 Å². The SMILES string of the molecule is COC(=O)CN1C(=S)N(c2ccc(Cl)cc2)C(=O)/C1=C/c1ccc(OCc2ccc(F)cc2)cc1. The van der Waals surface area contributed by atoms with Gasteiger partial charge in [-0.25, -0.2) is 4.39 Å². The summed E-state index contributed by atoms with van der Waals surface area (Å²) in [5.74, 6) is -0.603. The van der Waals surface area contributed by atoms with Gasteiger partial charge in [-0.15, -0.1) is 0 Å². The van der Waals surface area contributed by atoms with Crippen molar-refractivity contribution >= 4 is 52.6 Å². The van der Waals surface area contributed by atoms with Crippen molar-refractivity contribution in [3.05, 3.63) is 100 Å². The average molecular weight is 511 g/mol. The predicted molar refractivity (Wildman–Crippen MR) is 135 cm³/mol. The molecule has 0 bridgehead atoms. The van der Waals surface area contributed by atoms with E-state index in [0.29, 0.717) is 22.0 Å². The topological polar surface area (TPSA) is 59.1 Å². The van der Waals surface area contributed by atoms with Gasteiger partial charge in [-0.05, 0) is 78.0 Å². The molecule has 0 aromatic heterocycles. The molecule has 1 heterocycles. The number of amides is 1. The van der Waals surface area contributed by atoms with Crippen molar-refractivity contribution in [2.45, 2.75) is 6.61 Å². The third kappa shape index (κ3) is 5.67. The van der Waals surface area contributed by atoms with Gasteiger partial charge in [-0.2, -0.15) is 0 Å². The maximum atomic E-state index is 13.3. The minimum atomic E-state index is -0.534. The first-order valence-corrected chi connectivity index (χ1v) is 11.3. The first-order valence-electron chi connectivity index (χ1n) is 10.5. The molecule has 1 fully saturated rings. The molecule has 6 nitrogen and oxygen atoms in total. The van der Waals surface area contributed by atoms with Crippen molar-refractivity contribution in [1.82, 2.24) is 4.90 Å². The number of benzene rings is 3. The van der Waals surface area contributed by atoms with Crippen LogP contribution in [-0.2, 0) is 20.9 Å². The maximum absolute atomic E-state index is 13.3. The molecule has 0 atom stereocenters. The molecule has 0 unspecified atom stereocenters. The van der Waals surface area contributed by atoms with Crippen LogP contribution in [0.25, 0.3) is 6.08 Å². The molecule has 35 heavy (non-hydrogen) atoms. The van der Waals surface area contributed by atoms with Crippen LogP contribution in [0.3, 0.4) is 0 Å². The predicted octanol–water partition coefficient (Wildman–Crippen LogP) is 5.21. The normalized spacial score (nSPS) is 14.5. The first kappa shape index (κ1) is 24.4. The lowest BCUT2D eigenvalue weighted by molar-refractivity contribution is -0.140. The van der Waals surface area contributed by atoms with Crippen molar-refractivity contribution in [3.63, 3.8) is 0 Å². The van der Waals surface area contributed by atoms with Crippen LogP contribution in [0.15, 0.2) is 78.5 Å². The van der Waals surface area contributed by atoms with Crippen LogP contribution in [0.4, 0.5) is 10.1 Å². The summed E-state index contributed by atoms with van der Waals surface area (Å²) in [5.41, 5.74) is 2.31. The lowest BCUT2D eigenvalue weighted by Crippen LogP contribution is -2.35. The monoisotopic (exact) mass is 510 g/mol. The van der Waals surface area contributed by atoms with Gasteiger partial charge in [0.1, 0.15) is 30.4 Å². The Morgan fingerprint density at radius 1 is 1.03 bits per heavy atom. The van der Waals surface area contributed by atoms with Crippen LogP contribution in [0, 0.1) is 5.82 Å². The fourth-order valence-electron chi connectivity index (χ4n) is 3.41. The third-order valence-electron chi connectivity index (χ3n) is 5.24. The second-order valence-electron chi connectivity index (χ2n) is 7.58. The Hall–Kier alpha value is -3.75. The van der Waals surface area contributed by atoms with E-state index in [1.165, 1.54) is 29.0 Å². The van der Waals surface area contributed by atoms with Crippen molar-refractivity contribution in [2.24, 2.45) is 0 Å². The molecule has 3 aromatic rings. The molecule has 0 radical (unpaired) electrons. The highest BCUT2D eigenvalue weighted by Gasteiger charge is 2.40. The number of methoxy groups -OCH3 is 1. The van der Waals surface area contributed by atoms with Gasteiger partial charge in [0, 0.05) is 5.02 Å². The third-order valence-corrected chi connectivity index (χ3v) is 5.89. The number of halogens is 2. The van der Waals surface area contributed by atoms with Crippen molar-refractivity contribution in [1.29, 1.82) is 0 Å². The Labute approximate surface area is 212 Å². The zero-order valence-electron chi connectivity index (χ0n) is 18.6. The number of nitrogens with zero attached hydrogens (tertiary/aromatic N) is 2. The largest absolute Gasteiger partial charge is 0.489 e. The summed E-state index contributed by atoms with van der Waals surface area (Å²) in [4.78, 5) is 28.1. The zero-order valence-corrected chi connectivity index (χ0v) is 20.2. The number of hydrogen-bond donors (Lipinski definition) is 0. The van der Waals surface area contributed by atoms with E-state index in [1.807, 2.05) is 0 Å². The number of anilines is 1. The Morgan fingerprint density at radius 2 is 1.69 bits per heavy atom. The molecule has 178 valence electrons. The van der Waals surface area contributed by atoms with Crippen LogP contribution < -0.4 is 9.64 Å². The van der Waals surface area contributed by atoms with Crippen LogP contribution in [0.2, 0.25) is 5.02 Å². The van der Waals surface area contributed by atoms with E-state index >= 15 is 0 Å². The van der Waals surface area contributed by atoms with Gasteiger partial charge in [0.2, 0.25) is 0 Å². The molecule has 1 amide bonds. The second kappa shape index (κ2) is 10.7. The zero-order chi connectivity index (χ0) is 24.9. The van der Waals surface area contributed by atoms with Crippen LogP contribution in [0.5, 0.6) is 5.75 Å². The van der Waals surface area contributed by atoms with Crippen molar-refractivity contribution in [3.8, 4) is 5.75 Å².